The average molecular weight is 629 g/mol. The highest BCUT2D eigenvalue weighted by atomic mass is 32.2. The highest BCUT2D eigenvalue weighted by molar-refractivity contribution is 7.90. The van der Waals surface area contributed by atoms with Crippen LogP contribution in [0.3, 0.4) is 0 Å². The van der Waals surface area contributed by atoms with Crippen LogP contribution in [0.1, 0.15) is 17.3 Å². The van der Waals surface area contributed by atoms with Crippen molar-refractivity contribution in [3.63, 3.8) is 0 Å². The zero-order chi connectivity index (χ0) is 30.1. The van der Waals surface area contributed by atoms with Gasteiger partial charge in [0.05, 0.1) is 16.9 Å². The fourth-order valence-corrected chi connectivity index (χ4v) is 8.85. The van der Waals surface area contributed by atoms with Gasteiger partial charge in [-0.05, 0) is 61.0 Å². The molecule has 1 heterocycles. The maximum atomic E-state index is 13.9. The third-order valence-electron chi connectivity index (χ3n) is 6.78. The van der Waals surface area contributed by atoms with E-state index in [1.54, 1.807) is 48.5 Å². The minimum absolute atomic E-state index is 0.00505. The molecule has 42 heavy (non-hydrogen) atoms. The molecule has 1 aliphatic heterocycles. The van der Waals surface area contributed by atoms with E-state index in [2.05, 4.69) is 0 Å². The molecule has 0 aromatic heterocycles. The van der Waals surface area contributed by atoms with Crippen molar-refractivity contribution in [1.29, 1.82) is 0 Å². The summed E-state index contributed by atoms with van der Waals surface area (Å²) in [4.78, 5) is -0.0502. The number of hydrogen-bond acceptors (Lipinski definition) is 8. The number of methoxy groups -OCH3 is 1. The van der Waals surface area contributed by atoms with Gasteiger partial charge in [0.25, 0.3) is 0 Å². The standard InChI is InChI=1S/C29H28N2O8S3/c1-22-13-16-25(17-14-22)41(34,35)31-20-19-30(40(32,33)24-9-5-3-6-10-24)29(31)23-15-18-27(28(21-23)38-2)39-42(36,37)26-11-7-4-8-12-26/h3-18,21,29H,19-20H2,1-2H3/t29-/m1/s1. The van der Waals surface area contributed by atoms with Gasteiger partial charge in [0, 0.05) is 13.1 Å². The lowest BCUT2D eigenvalue weighted by molar-refractivity contribution is 0.290. The lowest BCUT2D eigenvalue weighted by Crippen LogP contribution is -2.38. The zero-order valence-corrected chi connectivity index (χ0v) is 25.1. The van der Waals surface area contributed by atoms with Gasteiger partial charge >= 0.3 is 10.1 Å². The fourth-order valence-electron chi connectivity index (χ4n) is 4.66. The molecule has 10 nitrogen and oxygen atoms in total. The number of nitrogens with zero attached hydrogens (tertiary/aromatic N) is 2. The van der Waals surface area contributed by atoms with Crippen LogP contribution in [0.4, 0.5) is 0 Å². The summed E-state index contributed by atoms with van der Waals surface area (Å²) in [6.45, 7) is 1.60. The molecule has 4 aromatic carbocycles. The normalized spacial score (nSPS) is 16.8. The molecule has 5 rings (SSSR count). The number of benzene rings is 4. The van der Waals surface area contributed by atoms with Crippen molar-refractivity contribution in [2.45, 2.75) is 27.8 Å². The predicted molar refractivity (Wildman–Crippen MR) is 155 cm³/mol. The van der Waals surface area contributed by atoms with Crippen LogP contribution >= 0.6 is 0 Å². The van der Waals surface area contributed by atoms with Gasteiger partial charge in [0.2, 0.25) is 20.0 Å². The molecule has 13 heteroatoms. The summed E-state index contributed by atoms with van der Waals surface area (Å²) in [6, 6.07) is 25.7. The Morgan fingerprint density at radius 3 is 1.64 bits per heavy atom. The van der Waals surface area contributed by atoms with E-state index in [1.165, 1.54) is 61.7 Å². The number of hydrogen-bond donors (Lipinski definition) is 0. The topological polar surface area (TPSA) is 127 Å². The quantitative estimate of drug-likeness (QED) is 0.253. The third-order valence-corrected chi connectivity index (χ3v) is 11.8. The zero-order valence-electron chi connectivity index (χ0n) is 22.7. The van der Waals surface area contributed by atoms with E-state index in [0.717, 1.165) is 14.2 Å². The van der Waals surface area contributed by atoms with Gasteiger partial charge in [-0.15, -0.1) is 0 Å². The second-order valence-electron chi connectivity index (χ2n) is 9.49. The van der Waals surface area contributed by atoms with Gasteiger partial charge in [-0.3, -0.25) is 0 Å². The average Bonchev–Trinajstić information content (AvgIpc) is 3.46. The molecule has 0 spiro atoms. The van der Waals surface area contributed by atoms with Crippen molar-refractivity contribution in [2.24, 2.45) is 0 Å². The van der Waals surface area contributed by atoms with Gasteiger partial charge in [0.1, 0.15) is 11.1 Å². The Labute approximate surface area is 246 Å². The Hall–Kier alpha value is -3.75. The first-order chi connectivity index (χ1) is 19.9. The molecule has 1 atom stereocenters. The predicted octanol–water partition coefficient (Wildman–Crippen LogP) is 4.17. The second kappa shape index (κ2) is 11.5. The molecular formula is C29H28N2O8S3. The molecular weight excluding hydrogens is 601 g/mol. The van der Waals surface area contributed by atoms with E-state index >= 15 is 0 Å². The molecule has 1 aliphatic rings. The summed E-state index contributed by atoms with van der Waals surface area (Å²) in [5.74, 6) is -0.169. The molecule has 0 unspecified atom stereocenters. The Bertz CT molecular complexity index is 1900. The van der Waals surface area contributed by atoms with Crippen LogP contribution in [-0.4, -0.2) is 54.1 Å². The van der Waals surface area contributed by atoms with Gasteiger partial charge in [-0.2, -0.15) is 17.0 Å². The van der Waals surface area contributed by atoms with Crippen LogP contribution in [0.5, 0.6) is 11.5 Å². The number of rotatable bonds is 9. The molecule has 4 aromatic rings. The summed E-state index contributed by atoms with van der Waals surface area (Å²) in [5.41, 5.74) is 1.11. The highest BCUT2D eigenvalue weighted by Gasteiger charge is 2.47. The highest BCUT2D eigenvalue weighted by Crippen LogP contribution is 2.41. The van der Waals surface area contributed by atoms with Crippen molar-refractivity contribution in [2.75, 3.05) is 20.2 Å². The minimum atomic E-state index is -4.21. The Kier molecular flexibility index (Phi) is 8.14. The van der Waals surface area contributed by atoms with E-state index in [1.807, 2.05) is 6.92 Å². The second-order valence-corrected chi connectivity index (χ2v) is 14.8. The number of aryl methyl sites for hydroxylation is 1. The van der Waals surface area contributed by atoms with E-state index in [-0.39, 0.29) is 44.8 Å². The first-order valence-electron chi connectivity index (χ1n) is 12.8. The molecule has 1 saturated heterocycles. The van der Waals surface area contributed by atoms with Crippen molar-refractivity contribution < 1.29 is 34.2 Å². The van der Waals surface area contributed by atoms with E-state index in [0.29, 0.717) is 0 Å². The van der Waals surface area contributed by atoms with Crippen LogP contribution in [0.2, 0.25) is 0 Å². The molecule has 0 amide bonds. The summed E-state index contributed by atoms with van der Waals surface area (Å²) in [7, 11) is -11.2. The van der Waals surface area contributed by atoms with Crippen LogP contribution in [0, 0.1) is 6.92 Å². The molecule has 1 fully saturated rings. The SMILES string of the molecule is COc1cc([C@@H]2N(S(=O)(=O)c3ccccc3)CCN2S(=O)(=O)c2ccc(C)cc2)ccc1OS(=O)(=O)c1ccccc1. The molecule has 0 saturated carbocycles. The first-order valence-corrected chi connectivity index (χ1v) is 17.1. The van der Waals surface area contributed by atoms with Crippen molar-refractivity contribution >= 4 is 30.2 Å². The van der Waals surface area contributed by atoms with Crippen molar-refractivity contribution in [1.82, 2.24) is 8.61 Å². The monoisotopic (exact) mass is 628 g/mol. The summed E-state index contributed by atoms with van der Waals surface area (Å²) in [5, 5.41) is 0. The van der Waals surface area contributed by atoms with Gasteiger partial charge in [-0.25, -0.2) is 16.8 Å². The first kappa shape index (κ1) is 29.7. The summed E-state index contributed by atoms with van der Waals surface area (Å²) < 4.78 is 94.1. The molecule has 0 radical (unpaired) electrons. The number of sulfonamides is 2. The third kappa shape index (κ3) is 5.65. The Morgan fingerprint density at radius 1 is 0.619 bits per heavy atom. The van der Waals surface area contributed by atoms with Crippen molar-refractivity contribution in [3.8, 4) is 11.5 Å². The van der Waals surface area contributed by atoms with Gasteiger partial charge < -0.3 is 8.92 Å². The largest absolute Gasteiger partial charge is 0.493 e. The van der Waals surface area contributed by atoms with E-state index in [4.69, 9.17) is 8.92 Å². The number of ether oxygens (including phenoxy) is 1. The lowest BCUT2D eigenvalue weighted by atomic mass is 10.1. The van der Waals surface area contributed by atoms with E-state index < -0.39 is 36.3 Å². The maximum Gasteiger partial charge on any atom is 0.339 e. The van der Waals surface area contributed by atoms with Crippen molar-refractivity contribution in [3.05, 3.63) is 114 Å². The van der Waals surface area contributed by atoms with Gasteiger partial charge in [0.15, 0.2) is 11.5 Å². The minimum Gasteiger partial charge on any atom is -0.493 e. The summed E-state index contributed by atoms with van der Waals surface area (Å²) >= 11 is 0. The maximum absolute atomic E-state index is 13.9. The van der Waals surface area contributed by atoms with E-state index in [9.17, 15) is 25.3 Å². The van der Waals surface area contributed by atoms with Crippen LogP contribution in [-0.2, 0) is 30.2 Å². The Balaban J connectivity index is 1.60. The molecule has 0 bridgehead atoms. The molecule has 0 aliphatic carbocycles. The summed E-state index contributed by atoms with van der Waals surface area (Å²) in [6.07, 6.45) is -1.30. The van der Waals surface area contributed by atoms with Gasteiger partial charge in [-0.1, -0.05) is 60.2 Å². The fraction of sp³-hybridized carbons (Fsp3) is 0.172. The van der Waals surface area contributed by atoms with Crippen LogP contribution < -0.4 is 8.92 Å². The smallest absolute Gasteiger partial charge is 0.339 e. The molecule has 0 N–H and O–H groups in total. The lowest BCUT2D eigenvalue weighted by Gasteiger charge is -2.30. The molecule has 220 valence electrons. The van der Waals surface area contributed by atoms with Crippen LogP contribution in [0.15, 0.2) is 118 Å². The van der Waals surface area contributed by atoms with Crippen LogP contribution in [0.25, 0.3) is 0 Å². The Morgan fingerprint density at radius 2 is 1.12 bits per heavy atom.